The second-order valence-corrected chi connectivity index (χ2v) is 1.78. The van der Waals surface area contributed by atoms with E-state index in [2.05, 4.69) is 5.32 Å². The first-order chi connectivity index (χ1) is 3.66. The molecule has 0 fully saturated rings. The number of carbonyl (C=O) groups excluding carboxylic acids is 1. The molecule has 1 atom stereocenters. The Hall–Kier alpha value is -0.570. The molecule has 0 aliphatic heterocycles. The molecule has 3 nitrogen and oxygen atoms in total. The quantitative estimate of drug-likeness (QED) is 0.512. The lowest BCUT2D eigenvalue weighted by atomic mass is 10.4. The average Bonchev–Trinajstić information content (AvgIpc) is 1.65. The number of rotatable bonds is 2. The number of nitrogens with one attached hydrogen (secondary N) is 1. The lowest BCUT2D eigenvalue weighted by Gasteiger charge is -2.06. The number of aliphatic hydroxyl groups is 1. The van der Waals surface area contributed by atoms with Crippen LogP contribution in [0.1, 0.15) is 13.8 Å². The predicted molar refractivity (Wildman–Crippen MR) is 30.4 cm³/mol. The number of aliphatic hydroxyl groups excluding tert-OH is 1. The van der Waals surface area contributed by atoms with Gasteiger partial charge in [-0.2, -0.15) is 0 Å². The average molecular weight is 117 g/mol. The summed E-state index contributed by atoms with van der Waals surface area (Å²) in [6, 6.07) is -0.118. The normalized spacial score (nSPS) is 12.9. The van der Waals surface area contributed by atoms with Crippen LogP contribution in [0.2, 0.25) is 0 Å². The maximum absolute atomic E-state index is 10.2. The Bertz CT molecular complexity index is 82.5. The smallest absolute Gasteiger partial charge is 0.217 e. The first kappa shape index (κ1) is 7.43. The van der Waals surface area contributed by atoms with Crippen molar-refractivity contribution in [1.29, 1.82) is 0 Å². The van der Waals surface area contributed by atoms with Gasteiger partial charge < -0.3 is 10.4 Å². The van der Waals surface area contributed by atoms with Crippen LogP contribution in [0.4, 0.5) is 0 Å². The summed E-state index contributed by atoms with van der Waals surface area (Å²) < 4.78 is 0. The molecule has 0 saturated carbocycles. The first-order valence-electron chi connectivity index (χ1n) is 2.54. The summed E-state index contributed by atoms with van der Waals surface area (Å²) in [4.78, 5) is 10.2. The summed E-state index contributed by atoms with van der Waals surface area (Å²) in [5, 5.41) is 10.9. The Morgan fingerprint density at radius 2 is 2.38 bits per heavy atom. The van der Waals surface area contributed by atoms with E-state index >= 15 is 0 Å². The zero-order valence-electron chi connectivity index (χ0n) is 5.14. The molecule has 48 valence electrons. The van der Waals surface area contributed by atoms with E-state index in [4.69, 9.17) is 5.11 Å². The van der Waals surface area contributed by atoms with Crippen molar-refractivity contribution < 1.29 is 9.90 Å². The number of carbonyl (C=O) groups is 1. The van der Waals surface area contributed by atoms with Crippen LogP contribution in [0.5, 0.6) is 0 Å². The maximum Gasteiger partial charge on any atom is 0.217 e. The molecule has 0 aromatic carbocycles. The fourth-order valence-corrected chi connectivity index (χ4v) is 0.393. The zero-order chi connectivity index (χ0) is 6.57. The fourth-order valence-electron chi connectivity index (χ4n) is 0.393. The molecule has 0 saturated heterocycles. The fraction of sp³-hybridized carbons (Fsp3) is 0.800. The Morgan fingerprint density at radius 3 is 2.50 bits per heavy atom. The SMILES string of the molecule is CC(=O)NC(C)CO. The van der Waals surface area contributed by atoms with Gasteiger partial charge in [0.2, 0.25) is 5.91 Å². The highest BCUT2D eigenvalue weighted by atomic mass is 16.3. The van der Waals surface area contributed by atoms with Gasteiger partial charge in [-0.1, -0.05) is 0 Å². The second kappa shape index (κ2) is 3.43. The van der Waals surface area contributed by atoms with Crippen LogP contribution < -0.4 is 5.32 Å². The van der Waals surface area contributed by atoms with Crippen LogP contribution in [-0.2, 0) is 4.79 Å². The molecule has 0 radical (unpaired) electrons. The second-order valence-electron chi connectivity index (χ2n) is 1.78. The number of amides is 1. The molecule has 0 aliphatic carbocycles. The minimum atomic E-state index is -0.118. The van der Waals surface area contributed by atoms with Crippen molar-refractivity contribution in [3.05, 3.63) is 0 Å². The van der Waals surface area contributed by atoms with Crippen LogP contribution in [0.15, 0.2) is 0 Å². The Morgan fingerprint density at radius 1 is 1.88 bits per heavy atom. The lowest BCUT2D eigenvalue weighted by Crippen LogP contribution is -2.32. The highest BCUT2D eigenvalue weighted by molar-refractivity contribution is 5.73. The van der Waals surface area contributed by atoms with E-state index in [-0.39, 0.29) is 18.6 Å². The van der Waals surface area contributed by atoms with Gasteiger partial charge in [0.1, 0.15) is 0 Å². The number of hydrogen-bond acceptors (Lipinski definition) is 2. The molecule has 0 aromatic rings. The third-order valence-corrected chi connectivity index (χ3v) is 0.724. The summed E-state index contributed by atoms with van der Waals surface area (Å²) >= 11 is 0. The monoisotopic (exact) mass is 117 g/mol. The Kier molecular flexibility index (Phi) is 3.19. The van der Waals surface area contributed by atoms with Crippen molar-refractivity contribution in [3.8, 4) is 0 Å². The molecule has 0 aromatic heterocycles. The van der Waals surface area contributed by atoms with Gasteiger partial charge in [-0.25, -0.2) is 0 Å². The van der Waals surface area contributed by atoms with Gasteiger partial charge in [-0.15, -0.1) is 0 Å². The van der Waals surface area contributed by atoms with E-state index < -0.39 is 0 Å². The summed E-state index contributed by atoms with van der Waals surface area (Å²) in [6.07, 6.45) is 0. The third kappa shape index (κ3) is 3.61. The highest BCUT2D eigenvalue weighted by Gasteiger charge is 1.97. The summed E-state index contributed by atoms with van der Waals surface area (Å²) in [7, 11) is 0. The van der Waals surface area contributed by atoms with Crippen molar-refractivity contribution in [1.82, 2.24) is 5.32 Å². The van der Waals surface area contributed by atoms with E-state index in [1.807, 2.05) is 0 Å². The lowest BCUT2D eigenvalue weighted by molar-refractivity contribution is -0.119. The summed E-state index contributed by atoms with van der Waals surface area (Å²) in [6.45, 7) is 3.16. The molecule has 0 bridgehead atoms. The molecule has 0 rings (SSSR count). The largest absolute Gasteiger partial charge is 0.394 e. The van der Waals surface area contributed by atoms with Crippen LogP contribution in [-0.4, -0.2) is 23.7 Å². The highest BCUT2D eigenvalue weighted by Crippen LogP contribution is 1.75. The van der Waals surface area contributed by atoms with E-state index in [0.717, 1.165) is 0 Å². The van der Waals surface area contributed by atoms with Crippen LogP contribution in [0.25, 0.3) is 0 Å². The van der Waals surface area contributed by atoms with Gasteiger partial charge >= 0.3 is 0 Å². The molecule has 0 aliphatic rings. The van der Waals surface area contributed by atoms with Crippen LogP contribution in [0, 0.1) is 0 Å². The Labute approximate surface area is 48.7 Å². The minimum absolute atomic E-state index is 0.000417. The summed E-state index contributed by atoms with van der Waals surface area (Å²) in [5.74, 6) is -0.105. The molecular formula is C5H11NO2. The van der Waals surface area contributed by atoms with Gasteiger partial charge in [0, 0.05) is 13.0 Å². The number of hydrogen-bond donors (Lipinski definition) is 2. The molecule has 2 N–H and O–H groups in total. The van der Waals surface area contributed by atoms with Gasteiger partial charge in [0.05, 0.1) is 6.61 Å². The first-order valence-corrected chi connectivity index (χ1v) is 2.54. The predicted octanol–water partition coefficient (Wildman–Crippen LogP) is -0.497. The minimum Gasteiger partial charge on any atom is -0.394 e. The molecular weight excluding hydrogens is 106 g/mol. The van der Waals surface area contributed by atoms with E-state index in [1.54, 1.807) is 6.92 Å². The molecule has 8 heavy (non-hydrogen) atoms. The summed E-state index contributed by atoms with van der Waals surface area (Å²) in [5.41, 5.74) is 0. The van der Waals surface area contributed by atoms with Gasteiger partial charge in [0.25, 0.3) is 0 Å². The van der Waals surface area contributed by atoms with Crippen LogP contribution >= 0.6 is 0 Å². The van der Waals surface area contributed by atoms with Crippen molar-refractivity contribution in [2.24, 2.45) is 0 Å². The van der Waals surface area contributed by atoms with Crippen molar-refractivity contribution >= 4 is 5.91 Å². The topological polar surface area (TPSA) is 49.3 Å². The Balaban J connectivity index is 3.24. The van der Waals surface area contributed by atoms with Gasteiger partial charge in [0.15, 0.2) is 0 Å². The van der Waals surface area contributed by atoms with Crippen molar-refractivity contribution in [2.45, 2.75) is 19.9 Å². The van der Waals surface area contributed by atoms with E-state index in [0.29, 0.717) is 0 Å². The standard InChI is InChI=1S/C5H11NO2/c1-4(3-7)6-5(2)8/h4,7H,3H2,1-2H3,(H,6,8). The molecule has 3 heteroatoms. The molecule has 0 heterocycles. The van der Waals surface area contributed by atoms with Gasteiger partial charge in [-0.05, 0) is 6.92 Å². The molecule has 1 unspecified atom stereocenters. The van der Waals surface area contributed by atoms with Crippen molar-refractivity contribution in [3.63, 3.8) is 0 Å². The van der Waals surface area contributed by atoms with Crippen LogP contribution in [0.3, 0.4) is 0 Å². The molecule has 1 amide bonds. The van der Waals surface area contributed by atoms with E-state index in [9.17, 15) is 4.79 Å². The van der Waals surface area contributed by atoms with Gasteiger partial charge in [-0.3, -0.25) is 4.79 Å². The van der Waals surface area contributed by atoms with E-state index in [1.165, 1.54) is 6.92 Å². The van der Waals surface area contributed by atoms with Crippen molar-refractivity contribution in [2.75, 3.05) is 6.61 Å². The maximum atomic E-state index is 10.2. The molecule has 0 spiro atoms. The third-order valence-electron chi connectivity index (χ3n) is 0.724. The zero-order valence-corrected chi connectivity index (χ0v) is 5.14.